The number of esters is 1. The van der Waals surface area contributed by atoms with Gasteiger partial charge in [0.25, 0.3) is 11.6 Å². The molecule has 1 saturated heterocycles. The van der Waals surface area contributed by atoms with Crippen molar-refractivity contribution in [1.29, 1.82) is 0 Å². The SMILES string of the molecule is Cc1ccc(S(=O)(=O)N2CCOCC2)cc1C(=O)OCC(=O)Nc1cc([N+](=O)[O-])ccc1Cl. The second-order valence-electron chi connectivity index (χ2n) is 7.04. The molecule has 2 aromatic rings. The number of carbonyl (C=O) groups is 2. The molecule has 0 unspecified atom stereocenters. The Morgan fingerprint density at radius 3 is 2.58 bits per heavy atom. The zero-order chi connectivity index (χ0) is 24.2. The fraction of sp³-hybridized carbons (Fsp3) is 0.300. The molecule has 2 aromatic carbocycles. The van der Waals surface area contributed by atoms with Crippen molar-refractivity contribution >= 4 is 44.9 Å². The van der Waals surface area contributed by atoms with E-state index < -0.39 is 33.4 Å². The average molecular weight is 498 g/mol. The van der Waals surface area contributed by atoms with Crippen LogP contribution >= 0.6 is 11.6 Å². The molecule has 1 aliphatic rings. The minimum atomic E-state index is -3.83. The predicted octanol–water partition coefficient (Wildman–Crippen LogP) is 2.37. The fourth-order valence-electron chi connectivity index (χ4n) is 3.04. The van der Waals surface area contributed by atoms with Crippen LogP contribution in [0.15, 0.2) is 41.3 Å². The number of hydrogen-bond donors (Lipinski definition) is 1. The molecule has 0 bridgehead atoms. The molecule has 0 radical (unpaired) electrons. The third-order valence-corrected chi connectivity index (χ3v) is 7.03. The summed E-state index contributed by atoms with van der Waals surface area (Å²) in [6.07, 6.45) is 0. The number of sulfonamides is 1. The lowest BCUT2D eigenvalue weighted by Gasteiger charge is -2.26. The summed E-state index contributed by atoms with van der Waals surface area (Å²) in [7, 11) is -3.83. The summed E-state index contributed by atoms with van der Waals surface area (Å²) in [5.74, 6) is -1.67. The smallest absolute Gasteiger partial charge is 0.338 e. The van der Waals surface area contributed by atoms with Crippen LogP contribution in [-0.2, 0) is 24.3 Å². The molecule has 0 saturated carbocycles. The number of anilines is 1. The molecular weight excluding hydrogens is 478 g/mol. The van der Waals surface area contributed by atoms with Crippen LogP contribution in [0, 0.1) is 17.0 Å². The maximum absolute atomic E-state index is 12.8. The van der Waals surface area contributed by atoms with Crippen LogP contribution < -0.4 is 5.32 Å². The van der Waals surface area contributed by atoms with Crippen LogP contribution in [0.3, 0.4) is 0 Å². The fourth-order valence-corrected chi connectivity index (χ4v) is 4.63. The number of hydrogen-bond acceptors (Lipinski definition) is 8. The highest BCUT2D eigenvalue weighted by atomic mass is 35.5. The number of carbonyl (C=O) groups excluding carboxylic acids is 2. The Hall–Kier alpha value is -3.06. The molecule has 1 fully saturated rings. The van der Waals surface area contributed by atoms with Gasteiger partial charge in [0.1, 0.15) is 0 Å². The number of amides is 1. The minimum Gasteiger partial charge on any atom is -0.452 e. The van der Waals surface area contributed by atoms with E-state index in [0.29, 0.717) is 5.56 Å². The van der Waals surface area contributed by atoms with Crippen molar-refractivity contribution in [2.75, 3.05) is 38.2 Å². The zero-order valence-electron chi connectivity index (χ0n) is 17.4. The Balaban J connectivity index is 1.69. The molecule has 1 aliphatic heterocycles. The number of nitrogens with zero attached hydrogens (tertiary/aromatic N) is 2. The third kappa shape index (κ3) is 5.85. The molecule has 0 aliphatic carbocycles. The van der Waals surface area contributed by atoms with Gasteiger partial charge in [0, 0.05) is 25.2 Å². The molecule has 0 aromatic heterocycles. The monoisotopic (exact) mass is 497 g/mol. The van der Waals surface area contributed by atoms with Crippen molar-refractivity contribution in [3.63, 3.8) is 0 Å². The van der Waals surface area contributed by atoms with Crippen LogP contribution in [0.1, 0.15) is 15.9 Å². The first-order valence-electron chi connectivity index (χ1n) is 9.69. The molecule has 33 heavy (non-hydrogen) atoms. The van der Waals surface area contributed by atoms with E-state index in [1.807, 2.05) is 0 Å². The van der Waals surface area contributed by atoms with E-state index >= 15 is 0 Å². The molecular formula is C20H20ClN3O8S. The van der Waals surface area contributed by atoms with Crippen LogP contribution in [0.4, 0.5) is 11.4 Å². The molecule has 13 heteroatoms. The number of rotatable bonds is 7. The quantitative estimate of drug-likeness (QED) is 0.348. The average Bonchev–Trinajstić information content (AvgIpc) is 2.79. The van der Waals surface area contributed by atoms with Crippen LogP contribution in [-0.4, -0.2) is 62.4 Å². The van der Waals surface area contributed by atoms with Crippen molar-refractivity contribution in [2.24, 2.45) is 0 Å². The highest BCUT2D eigenvalue weighted by Crippen LogP contribution is 2.26. The van der Waals surface area contributed by atoms with Crippen LogP contribution in [0.2, 0.25) is 5.02 Å². The molecule has 11 nitrogen and oxygen atoms in total. The standard InChI is InChI=1S/C20H20ClN3O8S/c1-13-2-4-15(33(29,30)23-6-8-31-9-7-23)11-16(13)20(26)32-12-19(25)22-18-10-14(24(27)28)3-5-17(18)21/h2-5,10-11H,6-9,12H2,1H3,(H,22,25). The lowest BCUT2D eigenvalue weighted by atomic mass is 10.1. The lowest BCUT2D eigenvalue weighted by molar-refractivity contribution is -0.384. The molecule has 176 valence electrons. The first-order chi connectivity index (χ1) is 15.6. The van der Waals surface area contributed by atoms with Gasteiger partial charge in [-0.15, -0.1) is 0 Å². The third-order valence-electron chi connectivity index (χ3n) is 4.81. The molecule has 1 N–H and O–H groups in total. The summed E-state index contributed by atoms with van der Waals surface area (Å²) >= 11 is 5.93. The number of morpholine rings is 1. The molecule has 0 atom stereocenters. The van der Waals surface area contributed by atoms with Gasteiger partial charge < -0.3 is 14.8 Å². The second kappa shape index (κ2) is 10.3. The van der Waals surface area contributed by atoms with E-state index in [1.165, 1.54) is 34.6 Å². The Bertz CT molecular complexity index is 1200. The number of nitro groups is 1. The van der Waals surface area contributed by atoms with Gasteiger partial charge in [0.15, 0.2) is 6.61 Å². The summed E-state index contributed by atoms with van der Waals surface area (Å²) in [5.41, 5.74) is 0.163. The molecule has 3 rings (SSSR count). The number of aryl methyl sites for hydroxylation is 1. The van der Waals surface area contributed by atoms with Gasteiger partial charge in [-0.3, -0.25) is 14.9 Å². The highest BCUT2D eigenvalue weighted by Gasteiger charge is 2.27. The van der Waals surface area contributed by atoms with E-state index in [2.05, 4.69) is 5.32 Å². The van der Waals surface area contributed by atoms with E-state index in [-0.39, 0.29) is 53.2 Å². The van der Waals surface area contributed by atoms with E-state index in [1.54, 1.807) is 6.92 Å². The van der Waals surface area contributed by atoms with Crippen molar-refractivity contribution in [3.05, 3.63) is 62.7 Å². The largest absolute Gasteiger partial charge is 0.452 e. The number of non-ortho nitro benzene ring substituents is 1. The molecule has 1 amide bonds. The number of benzene rings is 2. The number of ether oxygens (including phenoxy) is 2. The normalized spacial score (nSPS) is 14.5. The van der Waals surface area contributed by atoms with Gasteiger partial charge in [0.05, 0.1) is 39.3 Å². The highest BCUT2D eigenvalue weighted by molar-refractivity contribution is 7.89. The summed E-state index contributed by atoms with van der Waals surface area (Å²) in [4.78, 5) is 34.9. The van der Waals surface area contributed by atoms with Crippen molar-refractivity contribution < 1.29 is 32.4 Å². The Morgan fingerprint density at radius 1 is 1.21 bits per heavy atom. The summed E-state index contributed by atoms with van der Waals surface area (Å²) in [5, 5.41) is 13.3. The van der Waals surface area contributed by atoms with Crippen LogP contribution in [0.25, 0.3) is 0 Å². The summed E-state index contributed by atoms with van der Waals surface area (Å²) in [6, 6.07) is 7.59. The number of nitrogens with one attached hydrogen (secondary N) is 1. The van der Waals surface area contributed by atoms with E-state index in [4.69, 9.17) is 21.1 Å². The Labute approximate surface area is 194 Å². The van der Waals surface area contributed by atoms with Gasteiger partial charge in [-0.25, -0.2) is 13.2 Å². The van der Waals surface area contributed by atoms with E-state index in [0.717, 1.165) is 6.07 Å². The number of halogens is 1. The van der Waals surface area contributed by atoms with E-state index in [9.17, 15) is 28.1 Å². The predicted molar refractivity (Wildman–Crippen MR) is 118 cm³/mol. The topological polar surface area (TPSA) is 145 Å². The molecule has 1 heterocycles. The second-order valence-corrected chi connectivity index (χ2v) is 9.38. The number of nitro benzene ring substituents is 1. The zero-order valence-corrected chi connectivity index (χ0v) is 19.0. The summed E-state index contributed by atoms with van der Waals surface area (Å²) < 4.78 is 37.1. The Morgan fingerprint density at radius 2 is 1.91 bits per heavy atom. The Kier molecular flexibility index (Phi) is 7.64. The van der Waals surface area contributed by atoms with Crippen molar-refractivity contribution in [3.8, 4) is 0 Å². The first kappa shape index (κ1) is 24.6. The minimum absolute atomic E-state index is 0.00878. The summed E-state index contributed by atoms with van der Waals surface area (Å²) in [6.45, 7) is 1.86. The molecule has 0 spiro atoms. The van der Waals surface area contributed by atoms with Gasteiger partial charge in [-0.2, -0.15) is 4.31 Å². The van der Waals surface area contributed by atoms with Gasteiger partial charge in [-0.05, 0) is 30.7 Å². The van der Waals surface area contributed by atoms with Crippen LogP contribution in [0.5, 0.6) is 0 Å². The van der Waals surface area contributed by atoms with Gasteiger partial charge in [-0.1, -0.05) is 17.7 Å². The maximum Gasteiger partial charge on any atom is 0.338 e. The van der Waals surface area contributed by atoms with Gasteiger partial charge in [0.2, 0.25) is 10.0 Å². The van der Waals surface area contributed by atoms with Crippen molar-refractivity contribution in [2.45, 2.75) is 11.8 Å². The van der Waals surface area contributed by atoms with Crippen molar-refractivity contribution in [1.82, 2.24) is 4.31 Å². The first-order valence-corrected chi connectivity index (χ1v) is 11.5. The van der Waals surface area contributed by atoms with Gasteiger partial charge >= 0.3 is 5.97 Å². The lowest BCUT2D eigenvalue weighted by Crippen LogP contribution is -2.40. The maximum atomic E-state index is 12.8.